The van der Waals surface area contributed by atoms with Gasteiger partial charge in [-0.1, -0.05) is 19.9 Å². The van der Waals surface area contributed by atoms with E-state index < -0.39 is 6.10 Å². The van der Waals surface area contributed by atoms with Gasteiger partial charge in [0, 0.05) is 13.1 Å². The Kier molecular flexibility index (Phi) is 7.57. The fourth-order valence-corrected chi connectivity index (χ4v) is 4.39. The lowest BCUT2D eigenvalue weighted by molar-refractivity contribution is -0.128. The van der Waals surface area contributed by atoms with Crippen LogP contribution in [0.2, 0.25) is 0 Å². The first-order chi connectivity index (χ1) is 13.2. The predicted molar refractivity (Wildman–Crippen MR) is 110 cm³/mol. The van der Waals surface area contributed by atoms with Crippen LogP contribution in [-0.2, 0) is 17.6 Å². The van der Waals surface area contributed by atoms with E-state index in [0.717, 1.165) is 37.6 Å². The van der Waals surface area contributed by atoms with Crippen molar-refractivity contribution in [3.05, 3.63) is 29.3 Å². The first-order valence-electron chi connectivity index (χ1n) is 10.9. The van der Waals surface area contributed by atoms with Crippen LogP contribution in [0.5, 0.6) is 5.75 Å². The lowest BCUT2D eigenvalue weighted by Crippen LogP contribution is -2.40. The topological polar surface area (TPSA) is 41.6 Å². The smallest absolute Gasteiger partial charge is 0.261 e. The predicted octanol–water partition coefficient (Wildman–Crippen LogP) is 3.96. The molecule has 1 aliphatic heterocycles. The summed E-state index contributed by atoms with van der Waals surface area (Å²) in [4.78, 5) is 15.0. The van der Waals surface area contributed by atoms with Crippen molar-refractivity contribution in [3.63, 3.8) is 0 Å². The normalized spacial score (nSPS) is 21.3. The quantitative estimate of drug-likeness (QED) is 0.702. The van der Waals surface area contributed by atoms with E-state index in [2.05, 4.69) is 29.3 Å². The monoisotopic (exact) mass is 372 g/mol. The van der Waals surface area contributed by atoms with Crippen LogP contribution in [0.3, 0.4) is 0 Å². The number of hydrogen-bond acceptors (Lipinski definition) is 3. The number of hydrogen-bond donors (Lipinski definition) is 1. The van der Waals surface area contributed by atoms with Crippen molar-refractivity contribution in [2.24, 2.45) is 5.92 Å². The molecule has 0 aromatic heterocycles. The van der Waals surface area contributed by atoms with Crippen LogP contribution in [0.15, 0.2) is 18.2 Å². The molecule has 0 unspecified atom stereocenters. The zero-order valence-electron chi connectivity index (χ0n) is 17.1. The number of aryl methyl sites for hydroxylation is 2. The number of nitrogens with one attached hydrogen (secondary N) is 1. The van der Waals surface area contributed by atoms with E-state index in [1.807, 2.05) is 13.0 Å². The molecule has 0 radical (unpaired) electrons. The van der Waals surface area contributed by atoms with Crippen LogP contribution in [0.25, 0.3) is 0 Å². The van der Waals surface area contributed by atoms with Gasteiger partial charge >= 0.3 is 0 Å². The van der Waals surface area contributed by atoms with Crippen molar-refractivity contribution in [1.29, 1.82) is 0 Å². The Hall–Kier alpha value is -1.55. The number of piperidine rings is 1. The second-order valence-corrected chi connectivity index (χ2v) is 8.34. The fraction of sp³-hybridized carbons (Fsp3) is 0.696. The van der Waals surface area contributed by atoms with Crippen molar-refractivity contribution in [3.8, 4) is 5.75 Å². The second kappa shape index (κ2) is 10.1. The Morgan fingerprint density at radius 1 is 1.26 bits per heavy atom. The summed E-state index contributed by atoms with van der Waals surface area (Å²) in [5, 5.41) is 3.08. The van der Waals surface area contributed by atoms with E-state index in [-0.39, 0.29) is 5.91 Å². The zero-order chi connectivity index (χ0) is 19.1. The van der Waals surface area contributed by atoms with Gasteiger partial charge in [0.2, 0.25) is 0 Å². The average molecular weight is 373 g/mol. The van der Waals surface area contributed by atoms with Gasteiger partial charge in [-0.15, -0.1) is 0 Å². The van der Waals surface area contributed by atoms with E-state index in [0.29, 0.717) is 6.42 Å². The Bertz CT molecular complexity index is 616. The molecule has 150 valence electrons. The summed E-state index contributed by atoms with van der Waals surface area (Å²) in [7, 11) is 0. The molecule has 27 heavy (non-hydrogen) atoms. The molecule has 1 aromatic carbocycles. The highest BCUT2D eigenvalue weighted by atomic mass is 16.5. The summed E-state index contributed by atoms with van der Waals surface area (Å²) in [6, 6.07) is 6.34. The molecule has 2 aliphatic rings. The number of carbonyl (C=O) groups excluding carboxylic acids is 1. The fourth-order valence-electron chi connectivity index (χ4n) is 4.39. The first kappa shape index (κ1) is 20.2. The van der Waals surface area contributed by atoms with Crippen molar-refractivity contribution in [1.82, 2.24) is 10.2 Å². The third kappa shape index (κ3) is 5.97. The molecule has 1 fully saturated rings. The number of carbonyl (C=O) groups is 1. The minimum atomic E-state index is -0.401. The highest BCUT2D eigenvalue weighted by Gasteiger charge is 2.20. The van der Waals surface area contributed by atoms with Crippen LogP contribution < -0.4 is 10.1 Å². The maximum atomic E-state index is 12.5. The number of rotatable bonds is 8. The minimum Gasteiger partial charge on any atom is -0.481 e. The summed E-state index contributed by atoms with van der Waals surface area (Å²) in [5.74, 6) is 1.66. The molecule has 0 bridgehead atoms. The van der Waals surface area contributed by atoms with Gasteiger partial charge in [0.25, 0.3) is 5.91 Å². The number of likely N-dealkylation sites (tertiary alicyclic amines) is 1. The van der Waals surface area contributed by atoms with Gasteiger partial charge in [-0.3, -0.25) is 4.79 Å². The number of fused-ring (bicyclic) bond motifs is 1. The summed E-state index contributed by atoms with van der Waals surface area (Å²) in [6.45, 7) is 8.56. The van der Waals surface area contributed by atoms with E-state index in [9.17, 15) is 4.79 Å². The van der Waals surface area contributed by atoms with Crippen LogP contribution in [0, 0.1) is 5.92 Å². The van der Waals surface area contributed by atoms with Gasteiger partial charge in [0.1, 0.15) is 5.75 Å². The average Bonchev–Trinajstić information content (AvgIpc) is 2.69. The van der Waals surface area contributed by atoms with Crippen LogP contribution >= 0.6 is 0 Å². The second-order valence-electron chi connectivity index (χ2n) is 8.34. The standard InChI is InChI=1S/C23H36N2O2/c1-3-22(27-21-12-11-19-9-4-5-10-20(19)16-21)23(26)24-13-7-15-25-14-6-8-18(2)17-25/h11-12,16,18,22H,3-10,13-15,17H2,1-2H3,(H,24,26)/t18-,22-/m0/s1. The summed E-state index contributed by atoms with van der Waals surface area (Å²) in [5.41, 5.74) is 2.84. The molecular formula is C23H36N2O2. The van der Waals surface area contributed by atoms with Crippen LogP contribution in [0.1, 0.15) is 63.5 Å². The SMILES string of the molecule is CC[C@H](Oc1ccc2c(c1)CCCC2)C(=O)NCCCN1CCC[C@H](C)C1. The van der Waals surface area contributed by atoms with Gasteiger partial charge < -0.3 is 15.0 Å². The summed E-state index contributed by atoms with van der Waals surface area (Å²) >= 11 is 0. The maximum Gasteiger partial charge on any atom is 0.261 e. The number of amides is 1. The molecule has 2 atom stereocenters. The number of nitrogens with zero attached hydrogens (tertiary/aromatic N) is 1. The lowest BCUT2D eigenvalue weighted by Gasteiger charge is -2.30. The Morgan fingerprint density at radius 2 is 2.07 bits per heavy atom. The molecule has 1 aliphatic carbocycles. The van der Waals surface area contributed by atoms with Crippen molar-refractivity contribution in [2.45, 2.75) is 71.3 Å². The Labute approximate surface area is 164 Å². The Balaban J connectivity index is 1.42. The van der Waals surface area contributed by atoms with Gasteiger partial charge in [-0.2, -0.15) is 0 Å². The summed E-state index contributed by atoms with van der Waals surface area (Å²) < 4.78 is 6.03. The third-order valence-corrected chi connectivity index (χ3v) is 5.95. The van der Waals surface area contributed by atoms with Gasteiger partial charge in [0.15, 0.2) is 6.10 Å². The molecule has 4 heteroatoms. The largest absolute Gasteiger partial charge is 0.481 e. The van der Waals surface area contributed by atoms with Gasteiger partial charge in [-0.25, -0.2) is 0 Å². The van der Waals surface area contributed by atoms with E-state index in [4.69, 9.17) is 4.74 Å². The summed E-state index contributed by atoms with van der Waals surface area (Å²) in [6.07, 6.45) is 8.79. The maximum absolute atomic E-state index is 12.5. The van der Waals surface area contributed by atoms with Gasteiger partial charge in [0.05, 0.1) is 0 Å². The van der Waals surface area contributed by atoms with E-state index in [1.54, 1.807) is 0 Å². The molecule has 1 heterocycles. The van der Waals surface area contributed by atoms with Crippen molar-refractivity contribution in [2.75, 3.05) is 26.2 Å². The molecule has 0 spiro atoms. The number of ether oxygens (including phenoxy) is 1. The molecule has 1 aromatic rings. The molecule has 3 rings (SSSR count). The molecule has 1 amide bonds. The highest BCUT2D eigenvalue weighted by molar-refractivity contribution is 5.81. The van der Waals surface area contributed by atoms with Crippen molar-refractivity contribution >= 4 is 5.91 Å². The third-order valence-electron chi connectivity index (χ3n) is 5.95. The number of benzene rings is 1. The molecule has 4 nitrogen and oxygen atoms in total. The van der Waals surface area contributed by atoms with Crippen molar-refractivity contribution < 1.29 is 9.53 Å². The lowest BCUT2D eigenvalue weighted by atomic mass is 9.92. The molecule has 0 saturated carbocycles. The Morgan fingerprint density at radius 3 is 2.85 bits per heavy atom. The molecule has 1 N–H and O–H groups in total. The molecule has 1 saturated heterocycles. The van der Waals surface area contributed by atoms with E-state index in [1.165, 1.54) is 56.3 Å². The first-order valence-corrected chi connectivity index (χ1v) is 10.9. The van der Waals surface area contributed by atoms with Crippen LogP contribution in [-0.4, -0.2) is 43.1 Å². The highest BCUT2D eigenvalue weighted by Crippen LogP contribution is 2.26. The van der Waals surface area contributed by atoms with Crippen LogP contribution in [0.4, 0.5) is 0 Å². The zero-order valence-corrected chi connectivity index (χ0v) is 17.1. The molecular weight excluding hydrogens is 336 g/mol. The minimum absolute atomic E-state index is 0.0160. The van der Waals surface area contributed by atoms with Gasteiger partial charge in [-0.05, 0) is 93.6 Å². The van der Waals surface area contributed by atoms with E-state index >= 15 is 0 Å².